The summed E-state index contributed by atoms with van der Waals surface area (Å²) in [6, 6.07) is 8.71. The zero-order chi connectivity index (χ0) is 11.3. The second-order valence-electron chi connectivity index (χ2n) is 4.81. The third-order valence-electron chi connectivity index (χ3n) is 3.05. The molecule has 0 spiro atoms. The molecule has 0 saturated carbocycles. The topological polar surface area (TPSA) is 0 Å². The molecular formula is C15H22. The van der Waals surface area contributed by atoms with Gasteiger partial charge in [-0.25, -0.2) is 0 Å². The molecule has 0 unspecified atom stereocenters. The van der Waals surface area contributed by atoms with Gasteiger partial charge in [0.05, 0.1) is 0 Å². The molecule has 15 heavy (non-hydrogen) atoms. The minimum absolute atomic E-state index is 0.283. The number of hydrogen-bond donors (Lipinski definition) is 0. The number of benzene rings is 1. The Morgan fingerprint density at radius 1 is 1.20 bits per heavy atom. The lowest BCUT2D eigenvalue weighted by atomic mass is 9.78. The van der Waals surface area contributed by atoms with Gasteiger partial charge in [-0.1, -0.05) is 50.3 Å². The first-order chi connectivity index (χ1) is 7.08. The van der Waals surface area contributed by atoms with Gasteiger partial charge in [0, 0.05) is 0 Å². The second-order valence-corrected chi connectivity index (χ2v) is 4.81. The van der Waals surface area contributed by atoms with E-state index in [9.17, 15) is 0 Å². The van der Waals surface area contributed by atoms with E-state index in [1.165, 1.54) is 17.5 Å². The fourth-order valence-electron chi connectivity index (χ4n) is 2.08. The van der Waals surface area contributed by atoms with Gasteiger partial charge in [0.1, 0.15) is 0 Å². The fraction of sp³-hybridized carbons (Fsp3) is 0.467. The number of allylic oxidation sites excluding steroid dienone is 2. The molecule has 0 aromatic heterocycles. The molecule has 1 aromatic carbocycles. The lowest BCUT2D eigenvalue weighted by Gasteiger charge is -2.26. The van der Waals surface area contributed by atoms with Crippen LogP contribution in [0.5, 0.6) is 0 Å². The molecule has 0 radical (unpaired) electrons. The first kappa shape index (κ1) is 12.0. The van der Waals surface area contributed by atoms with E-state index in [2.05, 4.69) is 64.1 Å². The maximum absolute atomic E-state index is 2.33. The van der Waals surface area contributed by atoms with Crippen molar-refractivity contribution in [3.8, 4) is 0 Å². The molecule has 1 rings (SSSR count). The van der Waals surface area contributed by atoms with E-state index < -0.39 is 0 Å². The van der Waals surface area contributed by atoms with Crippen LogP contribution < -0.4 is 0 Å². The predicted molar refractivity (Wildman–Crippen MR) is 68.3 cm³/mol. The summed E-state index contributed by atoms with van der Waals surface area (Å²) in [6.45, 7) is 8.95. The Balaban J connectivity index is 2.81. The fourth-order valence-corrected chi connectivity index (χ4v) is 2.08. The Kier molecular flexibility index (Phi) is 4.14. The van der Waals surface area contributed by atoms with E-state index in [-0.39, 0.29) is 5.41 Å². The Morgan fingerprint density at radius 2 is 1.87 bits per heavy atom. The van der Waals surface area contributed by atoms with Crippen LogP contribution in [0.1, 0.15) is 44.7 Å². The molecule has 0 heterocycles. The summed E-state index contributed by atoms with van der Waals surface area (Å²) in [7, 11) is 0. The van der Waals surface area contributed by atoms with Crippen LogP contribution in [-0.2, 0) is 5.41 Å². The molecule has 0 saturated heterocycles. The van der Waals surface area contributed by atoms with Crippen molar-refractivity contribution in [3.63, 3.8) is 0 Å². The number of rotatable bonds is 4. The molecule has 0 aliphatic carbocycles. The molecule has 0 N–H and O–H groups in total. The normalized spacial score (nSPS) is 12.3. The zero-order valence-corrected chi connectivity index (χ0v) is 10.4. The Labute approximate surface area is 94.0 Å². The van der Waals surface area contributed by atoms with E-state index in [4.69, 9.17) is 0 Å². The molecule has 0 fully saturated rings. The van der Waals surface area contributed by atoms with E-state index in [1.54, 1.807) is 0 Å². The molecule has 0 amide bonds. The highest BCUT2D eigenvalue weighted by Gasteiger charge is 2.20. The third kappa shape index (κ3) is 3.23. The van der Waals surface area contributed by atoms with Gasteiger partial charge in [0.2, 0.25) is 0 Å². The summed E-state index contributed by atoms with van der Waals surface area (Å²) in [6.07, 6.45) is 6.76. The van der Waals surface area contributed by atoms with Gasteiger partial charge in [-0.05, 0) is 43.2 Å². The molecular weight excluding hydrogens is 180 g/mol. The molecule has 1 aromatic rings. The van der Waals surface area contributed by atoms with E-state index >= 15 is 0 Å². The van der Waals surface area contributed by atoms with Crippen LogP contribution in [0, 0.1) is 6.92 Å². The largest absolute Gasteiger partial charge is 0.0917 e. The van der Waals surface area contributed by atoms with Crippen molar-refractivity contribution in [3.05, 3.63) is 47.5 Å². The Hall–Kier alpha value is -1.04. The molecule has 0 aliphatic rings. The van der Waals surface area contributed by atoms with Gasteiger partial charge in [0.15, 0.2) is 0 Å². The summed E-state index contributed by atoms with van der Waals surface area (Å²) in [5.41, 5.74) is 3.17. The molecule has 0 heteroatoms. The molecule has 0 atom stereocenters. The molecule has 0 aliphatic heterocycles. The highest BCUT2D eigenvalue weighted by Crippen LogP contribution is 2.30. The van der Waals surface area contributed by atoms with Gasteiger partial charge in [-0.15, -0.1) is 0 Å². The van der Waals surface area contributed by atoms with Crippen molar-refractivity contribution in [1.29, 1.82) is 0 Å². The molecule has 0 nitrogen and oxygen atoms in total. The van der Waals surface area contributed by atoms with E-state index in [1.807, 2.05) is 0 Å². The number of aryl methyl sites for hydroxylation is 1. The van der Waals surface area contributed by atoms with Crippen molar-refractivity contribution < 1.29 is 0 Å². The van der Waals surface area contributed by atoms with Gasteiger partial charge in [-0.3, -0.25) is 0 Å². The van der Waals surface area contributed by atoms with Gasteiger partial charge >= 0.3 is 0 Å². The zero-order valence-electron chi connectivity index (χ0n) is 10.4. The number of hydrogen-bond acceptors (Lipinski definition) is 0. The first-order valence-electron chi connectivity index (χ1n) is 5.75. The minimum atomic E-state index is 0.283. The van der Waals surface area contributed by atoms with Crippen molar-refractivity contribution in [2.75, 3.05) is 0 Å². The molecule has 82 valence electrons. The summed E-state index contributed by atoms with van der Waals surface area (Å²) < 4.78 is 0. The maximum Gasteiger partial charge on any atom is -0.00980 e. The Bertz CT molecular complexity index is 332. The predicted octanol–water partition coefficient (Wildman–Crippen LogP) is 4.63. The van der Waals surface area contributed by atoms with Crippen LogP contribution >= 0.6 is 0 Å². The average molecular weight is 202 g/mol. The second kappa shape index (κ2) is 5.16. The monoisotopic (exact) mass is 202 g/mol. The standard InChI is InChI=1S/C15H22/c1-5-6-9-12-15(3,4)14-11-8-7-10-13(14)2/h5-8,10-11H,9,12H2,1-4H3. The van der Waals surface area contributed by atoms with Gasteiger partial charge in [0.25, 0.3) is 0 Å². The highest BCUT2D eigenvalue weighted by atomic mass is 14.2. The van der Waals surface area contributed by atoms with Crippen LogP contribution in [0.15, 0.2) is 36.4 Å². The lowest BCUT2D eigenvalue weighted by Crippen LogP contribution is -2.18. The third-order valence-corrected chi connectivity index (χ3v) is 3.05. The van der Waals surface area contributed by atoms with Crippen LogP contribution in [-0.4, -0.2) is 0 Å². The summed E-state index contributed by atoms with van der Waals surface area (Å²) in [4.78, 5) is 0. The Morgan fingerprint density at radius 3 is 2.47 bits per heavy atom. The summed E-state index contributed by atoms with van der Waals surface area (Å²) >= 11 is 0. The van der Waals surface area contributed by atoms with Crippen molar-refractivity contribution in [2.24, 2.45) is 0 Å². The van der Waals surface area contributed by atoms with Crippen LogP contribution in [0.4, 0.5) is 0 Å². The van der Waals surface area contributed by atoms with Crippen molar-refractivity contribution in [1.82, 2.24) is 0 Å². The van der Waals surface area contributed by atoms with E-state index in [0.29, 0.717) is 0 Å². The maximum atomic E-state index is 2.33. The van der Waals surface area contributed by atoms with Gasteiger partial charge < -0.3 is 0 Å². The minimum Gasteiger partial charge on any atom is -0.0917 e. The van der Waals surface area contributed by atoms with Crippen molar-refractivity contribution in [2.45, 2.75) is 46.0 Å². The quantitative estimate of drug-likeness (QED) is 0.624. The van der Waals surface area contributed by atoms with Crippen LogP contribution in [0.3, 0.4) is 0 Å². The van der Waals surface area contributed by atoms with E-state index in [0.717, 1.165) is 6.42 Å². The van der Waals surface area contributed by atoms with Crippen LogP contribution in [0.2, 0.25) is 0 Å². The summed E-state index contributed by atoms with van der Waals surface area (Å²) in [5.74, 6) is 0. The first-order valence-corrected chi connectivity index (χ1v) is 5.75. The van der Waals surface area contributed by atoms with Gasteiger partial charge in [-0.2, -0.15) is 0 Å². The lowest BCUT2D eigenvalue weighted by molar-refractivity contribution is 0.482. The smallest absolute Gasteiger partial charge is 0.00980 e. The summed E-state index contributed by atoms with van der Waals surface area (Å²) in [5, 5.41) is 0. The average Bonchev–Trinajstić information content (AvgIpc) is 2.18. The molecule has 0 bridgehead atoms. The van der Waals surface area contributed by atoms with Crippen LogP contribution in [0.25, 0.3) is 0 Å². The highest BCUT2D eigenvalue weighted by molar-refractivity contribution is 5.32. The van der Waals surface area contributed by atoms with Crippen molar-refractivity contribution >= 4 is 0 Å². The SMILES string of the molecule is CC=CCCC(C)(C)c1ccccc1C.